The molecule has 0 aliphatic carbocycles. The van der Waals surface area contributed by atoms with Crippen LogP contribution in [0.4, 0.5) is 0 Å². The Morgan fingerprint density at radius 3 is 2.63 bits per heavy atom. The molecule has 3 aromatic heterocycles. The lowest BCUT2D eigenvalue weighted by Crippen LogP contribution is -2.45. The Labute approximate surface area is 173 Å². The molecular formula is C21H22N8O. The number of carbonyl (C=O) groups excluding carboxylic acids is 1. The number of benzene rings is 1. The SMILES string of the molecule is Cc1ccn2c(C(=O)N3CCn4nc(-c5ccccc5)nc4[C@@H]3C(C)C)nnc2n1. The second-order valence-corrected chi connectivity index (χ2v) is 7.83. The van der Waals surface area contributed by atoms with E-state index < -0.39 is 0 Å². The Balaban J connectivity index is 1.54. The van der Waals surface area contributed by atoms with Crippen LogP contribution < -0.4 is 0 Å². The van der Waals surface area contributed by atoms with E-state index in [1.807, 2.05) is 52.9 Å². The van der Waals surface area contributed by atoms with Crippen molar-refractivity contribution in [3.05, 3.63) is 59.9 Å². The van der Waals surface area contributed by atoms with Gasteiger partial charge in [-0.3, -0.25) is 9.20 Å². The molecule has 0 saturated carbocycles. The first kappa shape index (κ1) is 18.4. The smallest absolute Gasteiger partial charge is 0.292 e. The van der Waals surface area contributed by atoms with Gasteiger partial charge in [0, 0.05) is 24.0 Å². The molecule has 1 amide bonds. The lowest BCUT2D eigenvalue weighted by Gasteiger charge is -2.36. The van der Waals surface area contributed by atoms with Gasteiger partial charge < -0.3 is 4.90 Å². The molecule has 9 heteroatoms. The normalized spacial score (nSPS) is 16.3. The van der Waals surface area contributed by atoms with Crippen LogP contribution >= 0.6 is 0 Å². The van der Waals surface area contributed by atoms with Crippen LogP contribution in [0.3, 0.4) is 0 Å². The van der Waals surface area contributed by atoms with Crippen molar-refractivity contribution in [1.82, 2.24) is 39.2 Å². The summed E-state index contributed by atoms with van der Waals surface area (Å²) in [6, 6.07) is 11.5. The van der Waals surface area contributed by atoms with E-state index in [-0.39, 0.29) is 23.7 Å². The van der Waals surface area contributed by atoms with Crippen molar-refractivity contribution in [2.45, 2.75) is 33.4 Å². The number of amides is 1. The maximum absolute atomic E-state index is 13.5. The molecule has 9 nitrogen and oxygen atoms in total. The Hall–Kier alpha value is -3.62. The van der Waals surface area contributed by atoms with Crippen LogP contribution in [0.15, 0.2) is 42.6 Å². The number of carbonyl (C=O) groups is 1. The van der Waals surface area contributed by atoms with E-state index in [1.54, 1.807) is 10.6 Å². The monoisotopic (exact) mass is 402 g/mol. The fourth-order valence-electron chi connectivity index (χ4n) is 3.96. The van der Waals surface area contributed by atoms with Gasteiger partial charge in [-0.05, 0) is 18.9 Å². The molecule has 0 spiro atoms. The third-order valence-corrected chi connectivity index (χ3v) is 5.39. The summed E-state index contributed by atoms with van der Waals surface area (Å²) >= 11 is 0. The highest BCUT2D eigenvalue weighted by Gasteiger charge is 2.37. The van der Waals surface area contributed by atoms with Crippen molar-refractivity contribution < 1.29 is 4.79 Å². The van der Waals surface area contributed by atoms with Crippen LogP contribution in [0.25, 0.3) is 17.2 Å². The molecule has 4 aromatic rings. The van der Waals surface area contributed by atoms with Crippen molar-refractivity contribution >= 4 is 11.7 Å². The van der Waals surface area contributed by atoms with Gasteiger partial charge in [0.1, 0.15) is 0 Å². The molecule has 0 unspecified atom stereocenters. The first-order chi connectivity index (χ1) is 14.5. The molecule has 30 heavy (non-hydrogen) atoms. The van der Waals surface area contributed by atoms with Crippen LogP contribution in [0.1, 0.15) is 42.0 Å². The minimum Gasteiger partial charge on any atom is -0.324 e. The quantitative estimate of drug-likeness (QED) is 0.523. The summed E-state index contributed by atoms with van der Waals surface area (Å²) in [5.74, 6) is 2.14. The lowest BCUT2D eigenvalue weighted by atomic mass is 9.99. The molecule has 0 saturated heterocycles. The number of fused-ring (bicyclic) bond motifs is 2. The van der Waals surface area contributed by atoms with Gasteiger partial charge in [0.2, 0.25) is 5.82 Å². The molecule has 1 aliphatic heterocycles. The average molecular weight is 402 g/mol. The van der Waals surface area contributed by atoms with Crippen molar-refractivity contribution in [3.63, 3.8) is 0 Å². The Kier molecular flexibility index (Phi) is 4.30. The predicted octanol–water partition coefficient (Wildman–Crippen LogP) is 2.54. The minimum absolute atomic E-state index is 0.153. The molecule has 0 fully saturated rings. The second kappa shape index (κ2) is 7.01. The van der Waals surface area contributed by atoms with Crippen LogP contribution in [0.5, 0.6) is 0 Å². The molecule has 0 radical (unpaired) electrons. The van der Waals surface area contributed by atoms with Gasteiger partial charge in [0.25, 0.3) is 11.7 Å². The Morgan fingerprint density at radius 2 is 1.87 bits per heavy atom. The fourth-order valence-corrected chi connectivity index (χ4v) is 3.96. The van der Waals surface area contributed by atoms with E-state index in [2.05, 4.69) is 29.0 Å². The van der Waals surface area contributed by atoms with Gasteiger partial charge in [-0.1, -0.05) is 44.2 Å². The predicted molar refractivity (Wildman–Crippen MR) is 110 cm³/mol. The zero-order chi connectivity index (χ0) is 20.8. The average Bonchev–Trinajstić information content (AvgIpc) is 3.36. The molecule has 4 heterocycles. The van der Waals surface area contributed by atoms with Crippen LogP contribution in [-0.2, 0) is 6.54 Å². The Morgan fingerprint density at radius 1 is 1.07 bits per heavy atom. The second-order valence-electron chi connectivity index (χ2n) is 7.83. The fraction of sp³-hybridized carbons (Fsp3) is 0.333. The zero-order valence-electron chi connectivity index (χ0n) is 17.1. The maximum Gasteiger partial charge on any atom is 0.292 e. The summed E-state index contributed by atoms with van der Waals surface area (Å²) in [4.78, 5) is 24.5. The number of aryl methyl sites for hydroxylation is 1. The van der Waals surface area contributed by atoms with E-state index >= 15 is 0 Å². The van der Waals surface area contributed by atoms with E-state index in [1.165, 1.54) is 0 Å². The van der Waals surface area contributed by atoms with Gasteiger partial charge in [-0.15, -0.1) is 10.2 Å². The van der Waals surface area contributed by atoms with E-state index in [0.717, 1.165) is 17.1 Å². The van der Waals surface area contributed by atoms with Gasteiger partial charge in [-0.2, -0.15) is 5.10 Å². The van der Waals surface area contributed by atoms with Crippen LogP contribution in [0.2, 0.25) is 0 Å². The van der Waals surface area contributed by atoms with Gasteiger partial charge in [0.15, 0.2) is 11.6 Å². The third kappa shape index (κ3) is 2.94. The van der Waals surface area contributed by atoms with E-state index in [0.29, 0.717) is 24.7 Å². The number of aromatic nitrogens is 7. The number of rotatable bonds is 3. The molecule has 0 bridgehead atoms. The molecule has 1 aliphatic rings. The standard InChI is InChI=1S/C21H22N8O/c1-13(2)16-18-23-17(15-7-5-4-6-8-15)26-29(18)12-11-27(16)20(30)19-24-25-21-22-14(3)9-10-28(19)21/h4-10,13,16H,11-12H2,1-3H3/t16-/m0/s1. The zero-order valence-corrected chi connectivity index (χ0v) is 17.1. The molecule has 1 aromatic carbocycles. The van der Waals surface area contributed by atoms with Crippen molar-refractivity contribution in [1.29, 1.82) is 0 Å². The number of nitrogens with zero attached hydrogens (tertiary/aromatic N) is 8. The van der Waals surface area contributed by atoms with E-state index in [9.17, 15) is 4.79 Å². The molecule has 152 valence electrons. The summed E-state index contributed by atoms with van der Waals surface area (Å²) in [5, 5.41) is 12.9. The first-order valence-electron chi connectivity index (χ1n) is 10.0. The van der Waals surface area contributed by atoms with Crippen LogP contribution in [-0.4, -0.2) is 51.7 Å². The molecule has 1 atom stereocenters. The summed E-state index contributed by atoms with van der Waals surface area (Å²) in [7, 11) is 0. The first-order valence-corrected chi connectivity index (χ1v) is 10.0. The highest BCUT2D eigenvalue weighted by molar-refractivity contribution is 5.91. The summed E-state index contributed by atoms with van der Waals surface area (Å²) in [6.45, 7) is 7.17. The number of hydrogen-bond donors (Lipinski definition) is 0. The maximum atomic E-state index is 13.5. The van der Waals surface area contributed by atoms with Crippen molar-refractivity contribution in [3.8, 4) is 11.4 Å². The van der Waals surface area contributed by atoms with Crippen molar-refractivity contribution in [2.24, 2.45) is 5.92 Å². The summed E-state index contributed by atoms with van der Waals surface area (Å²) < 4.78 is 3.56. The summed E-state index contributed by atoms with van der Waals surface area (Å²) in [6.07, 6.45) is 1.79. The lowest BCUT2D eigenvalue weighted by molar-refractivity contribution is 0.0523. The molecule has 5 rings (SSSR count). The van der Waals surface area contributed by atoms with E-state index in [4.69, 9.17) is 10.1 Å². The topological polar surface area (TPSA) is 94.1 Å². The summed E-state index contributed by atoms with van der Waals surface area (Å²) in [5.41, 5.74) is 1.79. The van der Waals surface area contributed by atoms with Gasteiger partial charge in [-0.25, -0.2) is 14.6 Å². The van der Waals surface area contributed by atoms with Crippen molar-refractivity contribution in [2.75, 3.05) is 6.54 Å². The molecular weight excluding hydrogens is 380 g/mol. The Bertz CT molecular complexity index is 1230. The van der Waals surface area contributed by atoms with Crippen LogP contribution in [0, 0.1) is 12.8 Å². The molecule has 0 N–H and O–H groups in total. The number of hydrogen-bond acceptors (Lipinski definition) is 6. The third-order valence-electron chi connectivity index (χ3n) is 5.39. The minimum atomic E-state index is -0.207. The van der Waals surface area contributed by atoms with Gasteiger partial charge in [0.05, 0.1) is 12.6 Å². The largest absolute Gasteiger partial charge is 0.324 e. The highest BCUT2D eigenvalue weighted by Crippen LogP contribution is 2.33. The highest BCUT2D eigenvalue weighted by atomic mass is 16.2. The van der Waals surface area contributed by atoms with Gasteiger partial charge >= 0.3 is 0 Å².